The first kappa shape index (κ1) is 18.3. The number of allylic oxidation sites excluding steroid dienone is 2. The Balaban J connectivity index is 2.42. The van der Waals surface area contributed by atoms with E-state index in [0.29, 0.717) is 29.7 Å². The number of nitrogens with two attached hydrogens (primary N) is 1. The maximum absolute atomic E-state index is 12.0. The van der Waals surface area contributed by atoms with E-state index in [2.05, 4.69) is 5.32 Å². The summed E-state index contributed by atoms with van der Waals surface area (Å²) in [7, 11) is 1.48. The first-order chi connectivity index (χ1) is 11.8. The third-order valence-electron chi connectivity index (χ3n) is 3.89. The number of hydrogen-bond acceptors (Lipinski definition) is 5. The summed E-state index contributed by atoms with van der Waals surface area (Å²) in [6, 6.07) is 0.894. The Kier molecular flexibility index (Phi) is 5.63. The maximum atomic E-state index is 12.0. The minimum atomic E-state index is -0.873. The molecule has 134 valence electrons. The summed E-state index contributed by atoms with van der Waals surface area (Å²) < 4.78 is 10.4. The number of primary amides is 1. The topological polar surface area (TPSA) is 128 Å². The SMILES string of the molecule is COc1cc2c(c(NC(N)=O)c1C/C=C(\C)CCC(=O)O)C(=O)OC2. The second-order valence-electron chi connectivity index (χ2n) is 5.68. The van der Waals surface area contributed by atoms with Gasteiger partial charge >= 0.3 is 18.0 Å². The molecule has 4 N–H and O–H groups in total. The molecule has 2 amide bonds. The highest BCUT2D eigenvalue weighted by atomic mass is 16.5. The van der Waals surface area contributed by atoms with E-state index in [1.165, 1.54) is 7.11 Å². The molecule has 0 aliphatic carbocycles. The van der Waals surface area contributed by atoms with E-state index < -0.39 is 18.0 Å². The van der Waals surface area contributed by atoms with Crippen LogP contribution in [0.3, 0.4) is 0 Å². The van der Waals surface area contributed by atoms with E-state index in [1.54, 1.807) is 6.07 Å². The Morgan fingerprint density at radius 2 is 2.16 bits per heavy atom. The van der Waals surface area contributed by atoms with Gasteiger partial charge in [-0.2, -0.15) is 0 Å². The number of carboxylic acid groups (broad SMARTS) is 1. The van der Waals surface area contributed by atoms with Crippen molar-refractivity contribution in [2.24, 2.45) is 5.73 Å². The summed E-state index contributed by atoms with van der Waals surface area (Å²) >= 11 is 0. The number of carboxylic acids is 1. The van der Waals surface area contributed by atoms with Crippen LogP contribution in [0.15, 0.2) is 17.7 Å². The summed E-state index contributed by atoms with van der Waals surface area (Å²) in [6.45, 7) is 1.92. The van der Waals surface area contributed by atoms with Crippen molar-refractivity contribution in [3.05, 3.63) is 34.4 Å². The number of carbonyl (C=O) groups excluding carboxylic acids is 2. The van der Waals surface area contributed by atoms with E-state index in [-0.39, 0.29) is 24.3 Å². The fourth-order valence-corrected chi connectivity index (χ4v) is 2.64. The van der Waals surface area contributed by atoms with Gasteiger partial charge in [-0.25, -0.2) is 9.59 Å². The maximum Gasteiger partial charge on any atom is 0.341 e. The predicted octanol–water partition coefficient (Wildman–Crippen LogP) is 2.21. The van der Waals surface area contributed by atoms with E-state index in [4.69, 9.17) is 20.3 Å². The van der Waals surface area contributed by atoms with Crippen LogP contribution in [0.2, 0.25) is 0 Å². The monoisotopic (exact) mass is 348 g/mol. The van der Waals surface area contributed by atoms with Crippen LogP contribution in [0.25, 0.3) is 0 Å². The molecule has 2 rings (SSSR count). The minimum absolute atomic E-state index is 0.0301. The van der Waals surface area contributed by atoms with Crippen LogP contribution in [-0.2, 0) is 22.6 Å². The Hall–Kier alpha value is -3.03. The summed E-state index contributed by atoms with van der Waals surface area (Å²) in [4.78, 5) is 34.0. The number of aliphatic carboxylic acids is 1. The van der Waals surface area contributed by atoms with Gasteiger partial charge in [-0.05, 0) is 25.8 Å². The molecule has 0 spiro atoms. The molecule has 1 heterocycles. The molecule has 0 aromatic heterocycles. The van der Waals surface area contributed by atoms with Gasteiger partial charge in [0, 0.05) is 17.5 Å². The quantitative estimate of drug-likeness (QED) is 0.512. The van der Waals surface area contributed by atoms with Crippen LogP contribution in [0.5, 0.6) is 5.75 Å². The largest absolute Gasteiger partial charge is 0.496 e. The van der Waals surface area contributed by atoms with Crippen molar-refractivity contribution in [2.45, 2.75) is 32.8 Å². The molecule has 8 nitrogen and oxygen atoms in total. The molecule has 1 aromatic carbocycles. The van der Waals surface area contributed by atoms with Crippen molar-refractivity contribution < 1.29 is 29.0 Å². The molecular formula is C17H20N2O6. The van der Waals surface area contributed by atoms with Gasteiger partial charge in [0.25, 0.3) is 0 Å². The van der Waals surface area contributed by atoms with E-state index in [1.807, 2.05) is 13.0 Å². The normalized spacial score (nSPS) is 13.2. The molecule has 0 unspecified atom stereocenters. The van der Waals surface area contributed by atoms with Gasteiger partial charge < -0.3 is 25.6 Å². The van der Waals surface area contributed by atoms with Gasteiger partial charge in [0.1, 0.15) is 12.4 Å². The number of nitrogens with one attached hydrogen (secondary N) is 1. The number of amides is 2. The van der Waals surface area contributed by atoms with E-state index >= 15 is 0 Å². The standard InChI is InChI=1S/C17H20N2O6/c1-9(4-6-13(20)21)3-5-11-12(24-2)7-10-8-25-16(22)14(10)15(11)19-17(18)23/h3,7H,4-6,8H2,1-2H3,(H,20,21)(H3,18,19,23)/b9-3+. The zero-order valence-corrected chi connectivity index (χ0v) is 14.0. The zero-order valence-electron chi connectivity index (χ0n) is 14.0. The first-order valence-electron chi connectivity index (χ1n) is 7.67. The Morgan fingerprint density at radius 3 is 2.76 bits per heavy atom. The lowest BCUT2D eigenvalue weighted by molar-refractivity contribution is -0.136. The molecule has 0 radical (unpaired) electrons. The number of hydrogen-bond donors (Lipinski definition) is 3. The van der Waals surface area contributed by atoms with E-state index in [0.717, 1.165) is 5.57 Å². The second-order valence-corrected chi connectivity index (χ2v) is 5.68. The molecule has 1 aromatic rings. The fraction of sp³-hybridized carbons (Fsp3) is 0.353. The average molecular weight is 348 g/mol. The Morgan fingerprint density at radius 1 is 1.44 bits per heavy atom. The molecule has 1 aliphatic rings. The Labute approximate surface area is 144 Å². The van der Waals surface area contributed by atoms with Crippen molar-refractivity contribution in [3.8, 4) is 5.75 Å². The number of rotatable bonds is 7. The van der Waals surface area contributed by atoms with Crippen LogP contribution >= 0.6 is 0 Å². The van der Waals surface area contributed by atoms with Crippen molar-refractivity contribution in [2.75, 3.05) is 12.4 Å². The molecular weight excluding hydrogens is 328 g/mol. The molecule has 1 aliphatic heterocycles. The summed E-state index contributed by atoms with van der Waals surface area (Å²) in [5.74, 6) is -0.918. The number of ether oxygens (including phenoxy) is 2. The number of cyclic esters (lactones) is 1. The molecule has 0 fully saturated rings. The van der Waals surface area contributed by atoms with Crippen molar-refractivity contribution in [3.63, 3.8) is 0 Å². The zero-order chi connectivity index (χ0) is 18.6. The lowest BCUT2D eigenvalue weighted by atomic mass is 9.97. The Bertz CT molecular complexity index is 754. The fourth-order valence-electron chi connectivity index (χ4n) is 2.64. The van der Waals surface area contributed by atoms with E-state index in [9.17, 15) is 14.4 Å². The predicted molar refractivity (Wildman–Crippen MR) is 89.7 cm³/mol. The lowest BCUT2D eigenvalue weighted by Gasteiger charge is -2.16. The van der Waals surface area contributed by atoms with Crippen molar-refractivity contribution in [1.82, 2.24) is 0 Å². The smallest absolute Gasteiger partial charge is 0.341 e. The van der Waals surface area contributed by atoms with Gasteiger partial charge in [0.2, 0.25) is 0 Å². The number of urea groups is 1. The van der Waals surface area contributed by atoms with Gasteiger partial charge in [-0.15, -0.1) is 0 Å². The highest BCUT2D eigenvalue weighted by Crippen LogP contribution is 2.38. The van der Waals surface area contributed by atoms with Crippen LogP contribution in [-0.4, -0.2) is 30.2 Å². The molecule has 0 saturated carbocycles. The molecule has 0 atom stereocenters. The number of carbonyl (C=O) groups is 3. The third-order valence-corrected chi connectivity index (χ3v) is 3.89. The van der Waals surface area contributed by atoms with Crippen molar-refractivity contribution >= 4 is 23.7 Å². The molecule has 25 heavy (non-hydrogen) atoms. The van der Waals surface area contributed by atoms with Crippen LogP contribution in [0.1, 0.15) is 41.3 Å². The van der Waals surface area contributed by atoms with Gasteiger partial charge in [0.15, 0.2) is 0 Å². The van der Waals surface area contributed by atoms with Gasteiger partial charge in [-0.3, -0.25) is 4.79 Å². The minimum Gasteiger partial charge on any atom is -0.496 e. The third kappa shape index (κ3) is 4.28. The number of methoxy groups -OCH3 is 1. The van der Waals surface area contributed by atoms with Gasteiger partial charge in [-0.1, -0.05) is 11.6 Å². The summed E-state index contributed by atoms with van der Waals surface area (Å²) in [5.41, 5.74) is 7.84. The molecule has 0 bridgehead atoms. The summed E-state index contributed by atoms with van der Waals surface area (Å²) in [6.07, 6.45) is 2.61. The van der Waals surface area contributed by atoms with Crippen LogP contribution < -0.4 is 15.8 Å². The number of benzene rings is 1. The first-order valence-corrected chi connectivity index (χ1v) is 7.67. The number of esters is 1. The van der Waals surface area contributed by atoms with Crippen LogP contribution in [0, 0.1) is 0 Å². The lowest BCUT2D eigenvalue weighted by Crippen LogP contribution is -2.22. The van der Waals surface area contributed by atoms with Crippen LogP contribution in [0.4, 0.5) is 10.5 Å². The average Bonchev–Trinajstić information content (AvgIpc) is 2.91. The number of fused-ring (bicyclic) bond motifs is 1. The molecule has 0 saturated heterocycles. The van der Waals surface area contributed by atoms with Gasteiger partial charge in [0.05, 0.1) is 18.4 Å². The number of anilines is 1. The highest BCUT2D eigenvalue weighted by molar-refractivity contribution is 6.04. The van der Waals surface area contributed by atoms with Crippen molar-refractivity contribution in [1.29, 1.82) is 0 Å². The highest BCUT2D eigenvalue weighted by Gasteiger charge is 2.29. The second kappa shape index (κ2) is 7.69. The summed E-state index contributed by atoms with van der Waals surface area (Å²) in [5, 5.41) is 11.2. The molecule has 8 heteroatoms.